The lowest BCUT2D eigenvalue weighted by Crippen LogP contribution is -2.48. The number of carbonyl (C=O) groups is 1. The van der Waals surface area contributed by atoms with Crippen molar-refractivity contribution < 1.29 is 27.4 Å². The van der Waals surface area contributed by atoms with E-state index < -0.39 is 29.4 Å². The number of ether oxygens (including phenoxy) is 2. The Bertz CT molecular complexity index is 1490. The summed E-state index contributed by atoms with van der Waals surface area (Å²) >= 11 is 0. The fraction of sp³-hybridized carbons (Fsp3) is 0.471. The summed E-state index contributed by atoms with van der Waals surface area (Å²) in [5.41, 5.74) is 1.92. The molecule has 0 spiro atoms. The van der Waals surface area contributed by atoms with Gasteiger partial charge in [-0.3, -0.25) is 14.4 Å². The van der Waals surface area contributed by atoms with E-state index in [0.29, 0.717) is 32.7 Å². The quantitative estimate of drug-likeness (QED) is 0.226. The number of hydrogen-bond acceptors (Lipinski definition) is 7. The van der Waals surface area contributed by atoms with Gasteiger partial charge in [-0.05, 0) is 50.0 Å². The van der Waals surface area contributed by atoms with Crippen molar-refractivity contribution in [2.45, 2.75) is 51.0 Å². The van der Waals surface area contributed by atoms with Crippen molar-refractivity contribution in [3.63, 3.8) is 0 Å². The summed E-state index contributed by atoms with van der Waals surface area (Å²) in [6.45, 7) is 7.68. The second-order valence-electron chi connectivity index (χ2n) is 12.4. The third-order valence-electron chi connectivity index (χ3n) is 8.11. The molecule has 1 aromatic heterocycles. The number of carbonyl (C=O) groups excluding carboxylic acids is 1. The first kappa shape index (κ1) is 32.9. The minimum Gasteiger partial charge on any atom is -0.492 e. The van der Waals surface area contributed by atoms with Gasteiger partial charge in [0.05, 0.1) is 18.8 Å². The molecule has 5 rings (SSSR count). The molecular formula is C34H42F3N5O3. The van der Waals surface area contributed by atoms with Gasteiger partial charge in [0.2, 0.25) is 0 Å². The molecule has 2 N–H and O–H groups in total. The Balaban J connectivity index is 1.29. The lowest BCUT2D eigenvalue weighted by molar-refractivity contribution is -0.127. The number of ketones is 1. The van der Waals surface area contributed by atoms with Gasteiger partial charge >= 0.3 is 0 Å². The molecule has 1 fully saturated rings. The Morgan fingerprint density at radius 1 is 1.22 bits per heavy atom. The fourth-order valence-corrected chi connectivity index (χ4v) is 6.03. The molecular weight excluding hydrogens is 583 g/mol. The van der Waals surface area contributed by atoms with Crippen LogP contribution in [0, 0.1) is 11.6 Å². The van der Waals surface area contributed by atoms with Crippen LogP contribution in [0.3, 0.4) is 0 Å². The number of aromatic nitrogens is 2. The van der Waals surface area contributed by atoms with Gasteiger partial charge in [0.15, 0.2) is 5.78 Å². The van der Waals surface area contributed by atoms with Gasteiger partial charge in [-0.15, -0.1) is 0 Å². The molecule has 3 aromatic rings. The first-order valence-corrected chi connectivity index (χ1v) is 15.4. The smallest absolute Gasteiger partial charge is 0.185 e. The zero-order chi connectivity index (χ0) is 32.1. The Labute approximate surface area is 262 Å². The average molecular weight is 626 g/mol. The van der Waals surface area contributed by atoms with Crippen LogP contribution < -0.4 is 15.4 Å². The summed E-state index contributed by atoms with van der Waals surface area (Å²) in [5.74, 6) is -1.52. The summed E-state index contributed by atoms with van der Waals surface area (Å²) < 4.78 is 59.6. The van der Waals surface area contributed by atoms with Gasteiger partial charge in [0, 0.05) is 75.3 Å². The molecule has 0 aliphatic carbocycles. The number of morpholine rings is 1. The van der Waals surface area contributed by atoms with Crippen LogP contribution in [-0.4, -0.2) is 84.2 Å². The summed E-state index contributed by atoms with van der Waals surface area (Å²) in [4.78, 5) is 14.0. The molecule has 3 atom stereocenters. The van der Waals surface area contributed by atoms with Gasteiger partial charge in [0.1, 0.15) is 35.8 Å². The predicted molar refractivity (Wildman–Crippen MR) is 167 cm³/mol. The molecule has 0 radical (unpaired) electrons. The van der Waals surface area contributed by atoms with Crippen LogP contribution in [0.4, 0.5) is 13.2 Å². The van der Waals surface area contributed by atoms with Crippen LogP contribution in [0.5, 0.6) is 5.75 Å². The average Bonchev–Trinajstić information content (AvgIpc) is 3.43. The van der Waals surface area contributed by atoms with E-state index in [9.17, 15) is 4.79 Å². The number of alkyl halides is 1. The number of nitrogens with one attached hydrogen (secondary N) is 2. The summed E-state index contributed by atoms with van der Waals surface area (Å²) in [6, 6.07) is 7.25. The molecule has 11 heteroatoms. The molecule has 3 heterocycles. The molecule has 45 heavy (non-hydrogen) atoms. The fourth-order valence-electron chi connectivity index (χ4n) is 6.03. The highest BCUT2D eigenvalue weighted by atomic mass is 19.1. The largest absolute Gasteiger partial charge is 0.492 e. The van der Waals surface area contributed by atoms with Crippen LogP contribution in [0.2, 0.25) is 0 Å². The van der Waals surface area contributed by atoms with E-state index >= 15 is 13.2 Å². The minimum absolute atomic E-state index is 0.00996. The zero-order valence-electron chi connectivity index (χ0n) is 26.3. The van der Waals surface area contributed by atoms with Crippen LogP contribution in [0.25, 0.3) is 11.1 Å². The van der Waals surface area contributed by atoms with E-state index in [0.717, 1.165) is 28.8 Å². The number of nitrogens with zero attached hydrogens (tertiary/aromatic N) is 3. The van der Waals surface area contributed by atoms with Crippen molar-refractivity contribution in [1.29, 1.82) is 0 Å². The van der Waals surface area contributed by atoms with E-state index in [-0.39, 0.29) is 36.3 Å². The molecule has 2 aromatic carbocycles. The van der Waals surface area contributed by atoms with Gasteiger partial charge in [0.25, 0.3) is 0 Å². The SMILES string of the molecule is C[C@@H]1Cc2cc(-c3cnn(C)c3)ccc2[C@@H](c2c(F)cc(OCCNC/C=C/C(=O)C3CNCCO3)cc2F)N1CC(C)(C)F. The first-order chi connectivity index (χ1) is 21.5. The molecule has 0 amide bonds. The Morgan fingerprint density at radius 2 is 2.00 bits per heavy atom. The van der Waals surface area contributed by atoms with Crippen molar-refractivity contribution in [2.75, 3.05) is 45.9 Å². The summed E-state index contributed by atoms with van der Waals surface area (Å²) in [5, 5.41) is 10.5. The Kier molecular flexibility index (Phi) is 10.4. The highest BCUT2D eigenvalue weighted by molar-refractivity contribution is 5.93. The summed E-state index contributed by atoms with van der Waals surface area (Å²) in [7, 11) is 1.85. The molecule has 2 aliphatic rings. The molecule has 242 valence electrons. The molecule has 8 nitrogen and oxygen atoms in total. The third-order valence-corrected chi connectivity index (χ3v) is 8.11. The maximum atomic E-state index is 15.9. The topological polar surface area (TPSA) is 80.6 Å². The van der Waals surface area contributed by atoms with Crippen molar-refractivity contribution >= 4 is 5.78 Å². The van der Waals surface area contributed by atoms with Gasteiger partial charge < -0.3 is 20.1 Å². The number of benzene rings is 2. The van der Waals surface area contributed by atoms with E-state index in [1.807, 2.05) is 43.3 Å². The van der Waals surface area contributed by atoms with Gasteiger partial charge in [-0.1, -0.05) is 24.3 Å². The minimum atomic E-state index is -1.58. The molecule has 0 saturated carbocycles. The molecule has 1 saturated heterocycles. The summed E-state index contributed by atoms with van der Waals surface area (Å²) in [6.07, 6.45) is 7.05. The number of halogens is 3. The van der Waals surface area contributed by atoms with E-state index in [1.54, 1.807) is 17.0 Å². The van der Waals surface area contributed by atoms with Crippen molar-refractivity contribution in [2.24, 2.45) is 7.05 Å². The van der Waals surface area contributed by atoms with E-state index in [2.05, 4.69) is 15.7 Å². The second-order valence-corrected chi connectivity index (χ2v) is 12.4. The number of aryl methyl sites for hydroxylation is 1. The Hall–Kier alpha value is -3.51. The van der Waals surface area contributed by atoms with Crippen molar-refractivity contribution in [3.05, 3.63) is 83.2 Å². The Morgan fingerprint density at radius 3 is 2.67 bits per heavy atom. The van der Waals surface area contributed by atoms with Crippen molar-refractivity contribution in [1.82, 2.24) is 25.3 Å². The normalized spacial score (nSPS) is 20.8. The highest BCUT2D eigenvalue weighted by Gasteiger charge is 2.39. The lowest BCUT2D eigenvalue weighted by Gasteiger charge is -2.44. The number of fused-ring (bicyclic) bond motifs is 1. The van der Waals surface area contributed by atoms with Crippen LogP contribution in [0.1, 0.15) is 43.5 Å². The van der Waals surface area contributed by atoms with Crippen molar-refractivity contribution in [3.8, 4) is 16.9 Å². The number of rotatable bonds is 12. The third kappa shape index (κ3) is 8.21. The van der Waals surface area contributed by atoms with Crippen LogP contribution >= 0.6 is 0 Å². The van der Waals surface area contributed by atoms with Crippen LogP contribution in [-0.2, 0) is 23.0 Å². The maximum absolute atomic E-state index is 15.9. The van der Waals surface area contributed by atoms with E-state index in [1.165, 1.54) is 32.1 Å². The highest BCUT2D eigenvalue weighted by Crippen LogP contribution is 2.43. The van der Waals surface area contributed by atoms with Gasteiger partial charge in [-0.2, -0.15) is 5.10 Å². The zero-order valence-corrected chi connectivity index (χ0v) is 26.3. The molecule has 0 bridgehead atoms. The number of hydrogen-bond donors (Lipinski definition) is 2. The van der Waals surface area contributed by atoms with Gasteiger partial charge in [-0.25, -0.2) is 13.2 Å². The van der Waals surface area contributed by atoms with E-state index in [4.69, 9.17) is 9.47 Å². The van der Waals surface area contributed by atoms with Crippen LogP contribution in [0.15, 0.2) is 54.9 Å². The predicted octanol–water partition coefficient (Wildman–Crippen LogP) is 4.53. The second kappa shape index (κ2) is 14.3. The molecule has 2 aliphatic heterocycles. The monoisotopic (exact) mass is 625 g/mol. The lowest BCUT2D eigenvalue weighted by atomic mass is 9.82. The maximum Gasteiger partial charge on any atom is 0.185 e. The standard InChI is InChI=1S/C34H42F3N5O3/c1-22-14-24-15-23(25-18-40-41(4)20-25)7-8-27(24)33(42(22)21-34(2,3)37)32-28(35)16-26(17-29(32)36)44-12-10-38-9-5-6-30(43)31-19-39-11-13-45-31/h5-8,15-18,20,22,31,33,38-39H,9-14,19,21H2,1-4H3/b6-5+/t22-,31?,33+/m1/s1. The first-order valence-electron chi connectivity index (χ1n) is 15.4. The molecule has 1 unspecified atom stereocenters.